The molecule has 0 saturated carbocycles. The lowest BCUT2D eigenvalue weighted by Gasteiger charge is -2.23. The molecule has 7 nitrogen and oxygen atoms in total. The van der Waals surface area contributed by atoms with E-state index in [0.717, 1.165) is 38.4 Å². The number of hydrogen-bond acceptors (Lipinski definition) is 4. The van der Waals surface area contributed by atoms with Gasteiger partial charge in [0.15, 0.2) is 0 Å². The van der Waals surface area contributed by atoms with Gasteiger partial charge in [0.1, 0.15) is 13.1 Å². The third kappa shape index (κ3) is 6.05. The number of benzene rings is 1. The molecule has 1 fully saturated rings. The summed E-state index contributed by atoms with van der Waals surface area (Å²) in [7, 11) is -3.64. The first-order valence-corrected chi connectivity index (χ1v) is 10.6. The summed E-state index contributed by atoms with van der Waals surface area (Å²) in [6.07, 6.45) is 0. The van der Waals surface area contributed by atoms with Crippen LogP contribution in [0.1, 0.15) is 29.8 Å². The predicted molar refractivity (Wildman–Crippen MR) is 99.9 cm³/mol. The Hall–Kier alpha value is -1.48. The maximum atomic E-state index is 12.5. The average Bonchev–Trinajstić information content (AvgIpc) is 2.60. The number of quaternary nitrogens is 1. The molecular formula is C18H30N3O4S+. The maximum Gasteiger partial charge on any atom is 0.251 e. The van der Waals surface area contributed by atoms with Crippen molar-refractivity contribution >= 4 is 15.9 Å². The third-order valence-corrected chi connectivity index (χ3v) is 5.86. The molecule has 0 unspecified atom stereocenters. The Labute approximate surface area is 156 Å². The van der Waals surface area contributed by atoms with Gasteiger partial charge in [-0.2, -0.15) is 0 Å². The summed E-state index contributed by atoms with van der Waals surface area (Å²) in [6.45, 7) is 10.7. The Morgan fingerprint density at radius 1 is 1.27 bits per heavy atom. The van der Waals surface area contributed by atoms with Gasteiger partial charge in [-0.05, 0) is 30.5 Å². The van der Waals surface area contributed by atoms with Crippen LogP contribution < -0.4 is 14.9 Å². The van der Waals surface area contributed by atoms with Gasteiger partial charge in [0.25, 0.3) is 5.91 Å². The molecule has 146 valence electrons. The highest BCUT2D eigenvalue weighted by Gasteiger charge is 2.19. The van der Waals surface area contributed by atoms with Crippen molar-refractivity contribution in [1.29, 1.82) is 0 Å². The summed E-state index contributed by atoms with van der Waals surface area (Å²) in [5.74, 6) is 0.0848. The summed E-state index contributed by atoms with van der Waals surface area (Å²) in [5.41, 5.74) is 1.15. The van der Waals surface area contributed by atoms with Gasteiger partial charge in [-0.25, -0.2) is 13.1 Å². The lowest BCUT2D eigenvalue weighted by molar-refractivity contribution is -0.906. The summed E-state index contributed by atoms with van der Waals surface area (Å²) in [6, 6.07) is 4.67. The largest absolute Gasteiger partial charge is 0.370 e. The molecule has 1 aliphatic heterocycles. The van der Waals surface area contributed by atoms with E-state index in [9.17, 15) is 13.2 Å². The van der Waals surface area contributed by atoms with Gasteiger partial charge in [0, 0.05) is 12.1 Å². The third-order valence-electron chi connectivity index (χ3n) is 4.41. The van der Waals surface area contributed by atoms with Gasteiger partial charge in [0.05, 0.1) is 31.2 Å². The van der Waals surface area contributed by atoms with E-state index < -0.39 is 10.0 Å². The van der Waals surface area contributed by atoms with Crippen LogP contribution in [-0.4, -0.2) is 60.3 Å². The maximum absolute atomic E-state index is 12.5. The van der Waals surface area contributed by atoms with Gasteiger partial charge < -0.3 is 15.0 Å². The Morgan fingerprint density at radius 3 is 2.62 bits per heavy atom. The lowest BCUT2D eigenvalue weighted by Crippen LogP contribution is -3.14. The van der Waals surface area contributed by atoms with Crippen LogP contribution in [0.5, 0.6) is 0 Å². The van der Waals surface area contributed by atoms with Crippen LogP contribution in [0.2, 0.25) is 0 Å². The van der Waals surface area contributed by atoms with E-state index >= 15 is 0 Å². The van der Waals surface area contributed by atoms with Crippen LogP contribution in [0.4, 0.5) is 0 Å². The van der Waals surface area contributed by atoms with Crippen LogP contribution in [0.15, 0.2) is 23.1 Å². The standard InChI is InChI=1S/C18H29N3O4S/c1-14(2)13-19-18(22)17-12-16(5-4-15(17)3)26(23,24)20-6-7-21-8-10-25-11-9-21/h4-5,12,14,20H,6-11,13H2,1-3H3,(H,19,22)/p+1. The molecule has 1 saturated heterocycles. The Morgan fingerprint density at radius 2 is 1.96 bits per heavy atom. The molecular weight excluding hydrogens is 354 g/mol. The Balaban J connectivity index is 2.01. The van der Waals surface area contributed by atoms with Crippen molar-refractivity contribution in [3.8, 4) is 0 Å². The van der Waals surface area contributed by atoms with Gasteiger partial charge in [-0.1, -0.05) is 19.9 Å². The molecule has 0 spiro atoms. The lowest BCUT2D eigenvalue weighted by atomic mass is 10.1. The molecule has 1 aromatic rings. The van der Waals surface area contributed by atoms with Gasteiger partial charge in [-0.3, -0.25) is 4.79 Å². The molecule has 0 atom stereocenters. The zero-order valence-electron chi connectivity index (χ0n) is 15.8. The van der Waals surface area contributed by atoms with E-state index in [1.54, 1.807) is 19.1 Å². The number of aryl methyl sites for hydroxylation is 1. The molecule has 1 heterocycles. The fraction of sp³-hybridized carbons (Fsp3) is 0.611. The second kappa shape index (κ2) is 9.45. The van der Waals surface area contributed by atoms with E-state index in [-0.39, 0.29) is 10.8 Å². The van der Waals surface area contributed by atoms with Gasteiger partial charge in [0.2, 0.25) is 10.0 Å². The Bertz CT molecular complexity index is 713. The number of carbonyl (C=O) groups excluding carboxylic acids is 1. The highest BCUT2D eigenvalue weighted by atomic mass is 32.2. The first-order valence-electron chi connectivity index (χ1n) is 9.09. The number of amides is 1. The highest BCUT2D eigenvalue weighted by molar-refractivity contribution is 7.89. The van der Waals surface area contributed by atoms with Crippen LogP contribution >= 0.6 is 0 Å². The van der Waals surface area contributed by atoms with Crippen LogP contribution in [0, 0.1) is 12.8 Å². The smallest absolute Gasteiger partial charge is 0.251 e. The molecule has 0 radical (unpaired) electrons. The van der Waals surface area contributed by atoms with Crippen LogP contribution in [-0.2, 0) is 14.8 Å². The van der Waals surface area contributed by atoms with Crippen molar-refractivity contribution in [2.75, 3.05) is 45.9 Å². The molecule has 0 aromatic heterocycles. The fourth-order valence-electron chi connectivity index (χ4n) is 2.76. The number of ether oxygens (including phenoxy) is 1. The number of sulfonamides is 1. The van der Waals surface area contributed by atoms with Gasteiger partial charge >= 0.3 is 0 Å². The second-order valence-electron chi connectivity index (χ2n) is 7.09. The van der Waals surface area contributed by atoms with E-state index in [1.807, 2.05) is 13.8 Å². The van der Waals surface area contributed by atoms with E-state index in [1.165, 1.54) is 11.0 Å². The van der Waals surface area contributed by atoms with Gasteiger partial charge in [-0.15, -0.1) is 0 Å². The predicted octanol–water partition coefficient (Wildman–Crippen LogP) is -0.426. The SMILES string of the molecule is Cc1ccc(S(=O)(=O)NCC[NH+]2CCOCC2)cc1C(=O)NCC(C)C. The van der Waals surface area contributed by atoms with E-state index in [0.29, 0.717) is 24.6 Å². The summed E-state index contributed by atoms with van der Waals surface area (Å²) >= 11 is 0. The number of morpholine rings is 1. The number of carbonyl (C=O) groups is 1. The van der Waals surface area contributed by atoms with Crippen molar-refractivity contribution in [2.24, 2.45) is 5.92 Å². The summed E-state index contributed by atoms with van der Waals surface area (Å²) in [4.78, 5) is 13.8. The first kappa shape index (κ1) is 20.8. The van der Waals surface area contributed by atoms with Crippen molar-refractivity contribution in [1.82, 2.24) is 10.0 Å². The molecule has 2 rings (SSSR count). The molecule has 0 bridgehead atoms. The first-order chi connectivity index (χ1) is 12.3. The molecule has 3 N–H and O–H groups in total. The number of hydrogen-bond donors (Lipinski definition) is 3. The monoisotopic (exact) mass is 384 g/mol. The minimum atomic E-state index is -3.64. The van der Waals surface area contributed by atoms with E-state index in [4.69, 9.17) is 4.74 Å². The zero-order chi connectivity index (χ0) is 19.2. The second-order valence-corrected chi connectivity index (χ2v) is 8.86. The van der Waals surface area contributed by atoms with Crippen molar-refractivity contribution in [2.45, 2.75) is 25.7 Å². The summed E-state index contributed by atoms with van der Waals surface area (Å²) < 4.78 is 33.0. The van der Waals surface area contributed by atoms with Crippen molar-refractivity contribution < 1.29 is 22.8 Å². The molecule has 26 heavy (non-hydrogen) atoms. The zero-order valence-corrected chi connectivity index (χ0v) is 16.6. The van der Waals surface area contributed by atoms with Crippen LogP contribution in [0.25, 0.3) is 0 Å². The van der Waals surface area contributed by atoms with Crippen molar-refractivity contribution in [3.63, 3.8) is 0 Å². The minimum Gasteiger partial charge on any atom is -0.370 e. The van der Waals surface area contributed by atoms with Crippen LogP contribution in [0.3, 0.4) is 0 Å². The average molecular weight is 385 g/mol. The Kier molecular flexibility index (Phi) is 7.57. The molecule has 8 heteroatoms. The number of rotatable bonds is 8. The summed E-state index contributed by atoms with van der Waals surface area (Å²) in [5, 5.41) is 2.83. The fourth-order valence-corrected chi connectivity index (χ4v) is 3.82. The van der Waals surface area contributed by atoms with Crippen molar-refractivity contribution in [3.05, 3.63) is 29.3 Å². The minimum absolute atomic E-state index is 0.120. The normalized spacial score (nSPS) is 16.0. The quantitative estimate of drug-likeness (QED) is 0.568. The number of nitrogens with one attached hydrogen (secondary N) is 3. The molecule has 1 aromatic carbocycles. The highest BCUT2D eigenvalue weighted by Crippen LogP contribution is 2.15. The topological polar surface area (TPSA) is 88.9 Å². The molecule has 1 amide bonds. The van der Waals surface area contributed by atoms with E-state index in [2.05, 4.69) is 10.0 Å². The molecule has 1 aliphatic rings. The molecule has 0 aliphatic carbocycles.